The third kappa shape index (κ3) is 6.38. The molecule has 0 aromatic heterocycles. The summed E-state index contributed by atoms with van der Waals surface area (Å²) < 4.78 is 1.16. The van der Waals surface area contributed by atoms with Gasteiger partial charge >= 0.3 is 0 Å². The highest BCUT2D eigenvalue weighted by Gasteiger charge is 2.10. The van der Waals surface area contributed by atoms with Crippen molar-refractivity contribution in [3.8, 4) is 0 Å². The number of hydrazine groups is 1. The molecule has 0 bridgehead atoms. The van der Waals surface area contributed by atoms with Crippen LogP contribution in [0, 0.1) is 6.92 Å². The largest absolute Gasteiger partial charge is 0.271 e. The van der Waals surface area contributed by atoms with Gasteiger partial charge in [0.25, 0.3) is 0 Å². The Morgan fingerprint density at radius 1 is 1.10 bits per heavy atom. The molecule has 0 saturated heterocycles. The van der Waals surface area contributed by atoms with Gasteiger partial charge in [0, 0.05) is 10.5 Å². The Hall–Kier alpha value is -0.380. The Labute approximate surface area is 132 Å². The minimum absolute atomic E-state index is 0.275. The van der Waals surface area contributed by atoms with Crippen molar-refractivity contribution in [3.05, 3.63) is 33.8 Å². The van der Waals surface area contributed by atoms with Crippen molar-refractivity contribution >= 4 is 15.9 Å². The Kier molecular flexibility index (Phi) is 9.16. The molecule has 0 spiro atoms. The Morgan fingerprint density at radius 2 is 1.75 bits per heavy atom. The Morgan fingerprint density at radius 3 is 2.35 bits per heavy atom. The summed E-state index contributed by atoms with van der Waals surface area (Å²) in [5, 5.41) is 0. The van der Waals surface area contributed by atoms with Gasteiger partial charge in [-0.1, -0.05) is 79.9 Å². The van der Waals surface area contributed by atoms with Gasteiger partial charge in [-0.25, -0.2) is 0 Å². The fraction of sp³-hybridized carbons (Fsp3) is 0.647. The monoisotopic (exact) mass is 340 g/mol. The van der Waals surface area contributed by atoms with Gasteiger partial charge in [-0.05, 0) is 30.5 Å². The van der Waals surface area contributed by atoms with Gasteiger partial charge in [-0.3, -0.25) is 11.3 Å². The second-order valence-electron chi connectivity index (χ2n) is 5.64. The van der Waals surface area contributed by atoms with Crippen LogP contribution in [-0.4, -0.2) is 0 Å². The van der Waals surface area contributed by atoms with Crippen molar-refractivity contribution in [2.45, 2.75) is 71.3 Å². The van der Waals surface area contributed by atoms with E-state index in [0.717, 1.165) is 10.9 Å². The highest BCUT2D eigenvalue weighted by Crippen LogP contribution is 2.24. The molecule has 1 rings (SSSR count). The summed E-state index contributed by atoms with van der Waals surface area (Å²) in [7, 11) is 0. The summed E-state index contributed by atoms with van der Waals surface area (Å²) in [6.45, 7) is 4.38. The zero-order valence-corrected chi connectivity index (χ0v) is 14.5. The summed E-state index contributed by atoms with van der Waals surface area (Å²) in [5.41, 5.74) is 5.52. The number of rotatable bonds is 10. The molecular weight excluding hydrogens is 312 g/mol. The van der Waals surface area contributed by atoms with Crippen LogP contribution in [0.1, 0.15) is 75.5 Å². The number of halogens is 1. The zero-order valence-electron chi connectivity index (χ0n) is 12.9. The lowest BCUT2D eigenvalue weighted by molar-refractivity contribution is 0.475. The number of nitrogens with two attached hydrogens (primary N) is 1. The lowest BCUT2D eigenvalue weighted by Crippen LogP contribution is -2.28. The van der Waals surface area contributed by atoms with E-state index in [4.69, 9.17) is 5.84 Å². The van der Waals surface area contributed by atoms with E-state index in [0.29, 0.717) is 0 Å². The number of benzene rings is 1. The van der Waals surface area contributed by atoms with E-state index in [1.54, 1.807) is 0 Å². The van der Waals surface area contributed by atoms with Crippen molar-refractivity contribution in [3.63, 3.8) is 0 Å². The number of nitrogens with one attached hydrogen (secondary N) is 1. The average molecular weight is 341 g/mol. The molecule has 0 radical (unpaired) electrons. The van der Waals surface area contributed by atoms with Gasteiger partial charge in [0.1, 0.15) is 0 Å². The van der Waals surface area contributed by atoms with Gasteiger partial charge in [-0.15, -0.1) is 0 Å². The highest BCUT2D eigenvalue weighted by molar-refractivity contribution is 9.10. The SMILES string of the molecule is CCCCCCCCCC(NN)c1ccc(Br)c(C)c1. The van der Waals surface area contributed by atoms with Gasteiger partial charge < -0.3 is 0 Å². The number of unbranched alkanes of at least 4 members (excludes halogenated alkanes) is 6. The smallest absolute Gasteiger partial charge is 0.0460 e. The molecule has 2 nitrogen and oxygen atoms in total. The zero-order chi connectivity index (χ0) is 14.8. The molecular formula is C17H29BrN2. The predicted octanol–water partition coefficient (Wildman–Crippen LogP) is 5.40. The van der Waals surface area contributed by atoms with Crippen LogP contribution in [-0.2, 0) is 0 Å². The molecule has 0 saturated carbocycles. The fourth-order valence-electron chi connectivity index (χ4n) is 2.54. The van der Waals surface area contributed by atoms with E-state index < -0.39 is 0 Å². The third-order valence-corrected chi connectivity index (χ3v) is 4.77. The second-order valence-corrected chi connectivity index (χ2v) is 6.49. The van der Waals surface area contributed by atoms with Crippen LogP contribution in [0.3, 0.4) is 0 Å². The fourth-order valence-corrected chi connectivity index (χ4v) is 2.78. The molecule has 0 aliphatic heterocycles. The summed E-state index contributed by atoms with van der Waals surface area (Å²) in [5.74, 6) is 5.71. The maximum absolute atomic E-state index is 5.71. The standard InChI is InChI=1S/C17H29BrN2/c1-3-4-5-6-7-8-9-10-17(20-19)15-11-12-16(18)14(2)13-15/h11-13,17,20H,3-10,19H2,1-2H3. The first-order chi connectivity index (χ1) is 9.69. The van der Waals surface area contributed by atoms with Gasteiger partial charge in [0.15, 0.2) is 0 Å². The van der Waals surface area contributed by atoms with Gasteiger partial charge in [0.05, 0.1) is 0 Å². The van der Waals surface area contributed by atoms with E-state index in [1.807, 2.05) is 0 Å². The molecule has 3 N–H and O–H groups in total. The van der Waals surface area contributed by atoms with Crippen LogP contribution in [0.4, 0.5) is 0 Å². The van der Waals surface area contributed by atoms with Crippen LogP contribution in [0.2, 0.25) is 0 Å². The second kappa shape index (κ2) is 10.4. The molecule has 0 fully saturated rings. The van der Waals surface area contributed by atoms with Crippen LogP contribution >= 0.6 is 15.9 Å². The van der Waals surface area contributed by atoms with E-state index in [2.05, 4.69) is 53.4 Å². The lowest BCUT2D eigenvalue weighted by atomic mass is 9.99. The molecule has 0 aliphatic rings. The van der Waals surface area contributed by atoms with Crippen molar-refractivity contribution in [2.75, 3.05) is 0 Å². The first-order valence-electron chi connectivity index (χ1n) is 7.91. The van der Waals surface area contributed by atoms with E-state index >= 15 is 0 Å². The molecule has 114 valence electrons. The predicted molar refractivity (Wildman–Crippen MR) is 91.6 cm³/mol. The molecule has 3 heteroatoms. The normalized spacial score (nSPS) is 12.6. The summed E-state index contributed by atoms with van der Waals surface area (Å²) in [4.78, 5) is 0. The Bertz CT molecular complexity index is 379. The number of hydrogen-bond acceptors (Lipinski definition) is 2. The maximum Gasteiger partial charge on any atom is 0.0460 e. The first kappa shape index (κ1) is 17.7. The topological polar surface area (TPSA) is 38.0 Å². The molecule has 0 aliphatic carbocycles. The minimum Gasteiger partial charge on any atom is -0.271 e. The molecule has 1 aromatic carbocycles. The first-order valence-corrected chi connectivity index (χ1v) is 8.70. The van der Waals surface area contributed by atoms with Gasteiger partial charge in [0.2, 0.25) is 0 Å². The molecule has 20 heavy (non-hydrogen) atoms. The number of hydrogen-bond donors (Lipinski definition) is 2. The van der Waals surface area contributed by atoms with Crippen molar-refractivity contribution in [1.29, 1.82) is 0 Å². The van der Waals surface area contributed by atoms with Crippen molar-refractivity contribution in [2.24, 2.45) is 5.84 Å². The summed E-state index contributed by atoms with van der Waals surface area (Å²) in [6.07, 6.45) is 10.5. The van der Waals surface area contributed by atoms with Gasteiger partial charge in [-0.2, -0.15) is 0 Å². The van der Waals surface area contributed by atoms with E-state index in [1.165, 1.54) is 56.1 Å². The molecule has 1 unspecified atom stereocenters. The Balaban J connectivity index is 2.30. The minimum atomic E-state index is 0.275. The van der Waals surface area contributed by atoms with Crippen molar-refractivity contribution in [1.82, 2.24) is 5.43 Å². The molecule has 1 atom stereocenters. The van der Waals surface area contributed by atoms with E-state index in [-0.39, 0.29) is 6.04 Å². The lowest BCUT2D eigenvalue weighted by Gasteiger charge is -2.17. The van der Waals surface area contributed by atoms with E-state index in [9.17, 15) is 0 Å². The van der Waals surface area contributed by atoms with Crippen molar-refractivity contribution < 1.29 is 0 Å². The van der Waals surface area contributed by atoms with Crippen LogP contribution in [0.15, 0.2) is 22.7 Å². The quantitative estimate of drug-likeness (QED) is 0.340. The molecule has 0 heterocycles. The maximum atomic E-state index is 5.71. The molecule has 0 amide bonds. The molecule has 1 aromatic rings. The summed E-state index contributed by atoms with van der Waals surface area (Å²) in [6, 6.07) is 6.76. The number of aryl methyl sites for hydroxylation is 1. The third-order valence-electron chi connectivity index (χ3n) is 3.88. The average Bonchev–Trinajstić information content (AvgIpc) is 2.45. The van der Waals surface area contributed by atoms with Crippen LogP contribution in [0.5, 0.6) is 0 Å². The highest BCUT2D eigenvalue weighted by atomic mass is 79.9. The van der Waals surface area contributed by atoms with Crippen LogP contribution < -0.4 is 11.3 Å². The summed E-state index contributed by atoms with van der Waals surface area (Å²) >= 11 is 3.54. The van der Waals surface area contributed by atoms with Crippen LogP contribution in [0.25, 0.3) is 0 Å².